The molecule has 0 bridgehead atoms. The molecule has 3 heterocycles. The summed E-state index contributed by atoms with van der Waals surface area (Å²) in [5.74, 6) is 1.79. The highest BCUT2D eigenvalue weighted by atomic mass is 16.5. The largest absolute Gasteiger partial charge is 0.496 e. The molecule has 1 atom stereocenters. The van der Waals surface area contributed by atoms with Crippen LogP contribution < -0.4 is 10.1 Å². The first kappa shape index (κ1) is 20.8. The predicted octanol–water partition coefficient (Wildman–Crippen LogP) is 4.53. The molecule has 1 saturated heterocycles. The molecule has 31 heavy (non-hydrogen) atoms. The Morgan fingerprint density at radius 3 is 2.55 bits per heavy atom. The summed E-state index contributed by atoms with van der Waals surface area (Å²) in [6.07, 6.45) is 1.81. The topological polar surface area (TPSA) is 80.2 Å². The highest BCUT2D eigenvalue weighted by Gasteiger charge is 2.33. The first-order valence-electron chi connectivity index (χ1n) is 10.5. The molecule has 0 aliphatic carbocycles. The summed E-state index contributed by atoms with van der Waals surface area (Å²) in [5, 5.41) is 3.19. The fourth-order valence-corrected chi connectivity index (χ4v) is 4.17. The van der Waals surface area contributed by atoms with E-state index in [1.165, 1.54) is 0 Å². The molecule has 3 aromatic rings. The summed E-state index contributed by atoms with van der Waals surface area (Å²) in [6, 6.07) is 13.3. The molecule has 1 fully saturated rings. The number of nitrogens with zero attached hydrogens (tertiary/aromatic N) is 4. The number of aromatic nitrogens is 3. The number of likely N-dealkylation sites (tertiary alicyclic amines) is 1. The van der Waals surface area contributed by atoms with Crippen LogP contribution in [-0.2, 0) is 0 Å². The van der Waals surface area contributed by atoms with Gasteiger partial charge in [0, 0.05) is 17.9 Å². The number of methoxy groups -OCH3 is 1. The Balaban J connectivity index is 1.60. The molecule has 1 aliphatic rings. The second-order valence-electron chi connectivity index (χ2n) is 7.86. The summed E-state index contributed by atoms with van der Waals surface area (Å²) in [4.78, 5) is 28.9. The number of aryl methyl sites for hydroxylation is 3. The Kier molecular flexibility index (Phi) is 5.84. The van der Waals surface area contributed by atoms with E-state index >= 15 is 0 Å². The van der Waals surface area contributed by atoms with Crippen LogP contribution in [0.2, 0.25) is 0 Å². The van der Waals surface area contributed by atoms with Gasteiger partial charge in [-0.2, -0.15) is 0 Å². The number of ether oxygens (including phenoxy) is 1. The quantitative estimate of drug-likeness (QED) is 0.657. The highest BCUT2D eigenvalue weighted by molar-refractivity contribution is 5.97. The summed E-state index contributed by atoms with van der Waals surface area (Å²) < 4.78 is 5.52. The third-order valence-electron chi connectivity index (χ3n) is 5.49. The SMILES string of the molecule is COc1c(C)cccc1C(=O)N1CCC[C@@H]1c1cccc(Nc2nc(C)cc(C)n2)n1. The van der Waals surface area contributed by atoms with Crippen LogP contribution >= 0.6 is 0 Å². The standard InChI is InChI=1S/C24H27N5O2/c1-15-8-5-9-18(22(15)31-4)23(30)29-13-7-11-20(29)19-10-6-12-21(27-19)28-24-25-16(2)14-17(3)26-24/h5-6,8-10,12,14,20H,7,11,13H2,1-4H3,(H,25,26,27,28)/t20-/m1/s1. The average molecular weight is 418 g/mol. The van der Waals surface area contributed by atoms with Crippen molar-refractivity contribution in [3.63, 3.8) is 0 Å². The lowest BCUT2D eigenvalue weighted by Gasteiger charge is -2.25. The van der Waals surface area contributed by atoms with Crippen LogP contribution in [0.4, 0.5) is 11.8 Å². The van der Waals surface area contributed by atoms with Crippen molar-refractivity contribution < 1.29 is 9.53 Å². The van der Waals surface area contributed by atoms with Gasteiger partial charge in [0.05, 0.1) is 24.4 Å². The van der Waals surface area contributed by atoms with Gasteiger partial charge in [0.2, 0.25) is 5.95 Å². The lowest BCUT2D eigenvalue weighted by Crippen LogP contribution is -2.31. The second kappa shape index (κ2) is 8.71. The van der Waals surface area contributed by atoms with Crippen LogP contribution in [-0.4, -0.2) is 39.4 Å². The monoisotopic (exact) mass is 417 g/mol. The van der Waals surface area contributed by atoms with E-state index in [2.05, 4.69) is 15.3 Å². The number of carbonyl (C=O) groups excluding carboxylic acids is 1. The zero-order valence-corrected chi connectivity index (χ0v) is 18.3. The molecule has 0 spiro atoms. The van der Waals surface area contributed by atoms with Gasteiger partial charge < -0.3 is 15.0 Å². The maximum atomic E-state index is 13.4. The Morgan fingerprint density at radius 1 is 1.06 bits per heavy atom. The Hall–Kier alpha value is -3.48. The second-order valence-corrected chi connectivity index (χ2v) is 7.86. The van der Waals surface area contributed by atoms with Gasteiger partial charge >= 0.3 is 0 Å². The van der Waals surface area contributed by atoms with E-state index in [1.54, 1.807) is 7.11 Å². The molecular weight excluding hydrogens is 390 g/mol. The van der Waals surface area contributed by atoms with Crippen molar-refractivity contribution >= 4 is 17.7 Å². The maximum Gasteiger partial charge on any atom is 0.258 e. The van der Waals surface area contributed by atoms with Crippen LogP contribution in [0.5, 0.6) is 5.75 Å². The van der Waals surface area contributed by atoms with E-state index in [0.29, 0.717) is 29.6 Å². The van der Waals surface area contributed by atoms with E-state index in [9.17, 15) is 4.79 Å². The van der Waals surface area contributed by atoms with Crippen molar-refractivity contribution in [2.24, 2.45) is 0 Å². The minimum Gasteiger partial charge on any atom is -0.496 e. The van der Waals surface area contributed by atoms with Gasteiger partial charge in [-0.3, -0.25) is 4.79 Å². The molecule has 0 saturated carbocycles. The van der Waals surface area contributed by atoms with E-state index in [0.717, 1.165) is 35.5 Å². The molecule has 0 radical (unpaired) electrons. The predicted molar refractivity (Wildman–Crippen MR) is 120 cm³/mol. The van der Waals surface area contributed by atoms with Gasteiger partial charge in [-0.05, 0) is 63.4 Å². The van der Waals surface area contributed by atoms with Gasteiger partial charge in [-0.15, -0.1) is 0 Å². The Bertz CT molecular complexity index is 1090. The molecule has 2 aromatic heterocycles. The number of amides is 1. The first-order valence-corrected chi connectivity index (χ1v) is 10.5. The van der Waals surface area contributed by atoms with E-state index in [-0.39, 0.29) is 11.9 Å². The molecule has 1 N–H and O–H groups in total. The average Bonchev–Trinajstić information content (AvgIpc) is 3.22. The van der Waals surface area contributed by atoms with Gasteiger partial charge in [0.25, 0.3) is 5.91 Å². The number of carbonyl (C=O) groups is 1. The molecule has 1 amide bonds. The highest BCUT2D eigenvalue weighted by Crippen LogP contribution is 2.35. The van der Waals surface area contributed by atoms with Crippen molar-refractivity contribution in [3.05, 3.63) is 70.7 Å². The molecule has 7 nitrogen and oxygen atoms in total. The smallest absolute Gasteiger partial charge is 0.258 e. The van der Waals surface area contributed by atoms with E-state index < -0.39 is 0 Å². The summed E-state index contributed by atoms with van der Waals surface area (Å²) in [6.45, 7) is 6.51. The van der Waals surface area contributed by atoms with Crippen molar-refractivity contribution in [2.75, 3.05) is 19.0 Å². The number of nitrogens with one attached hydrogen (secondary N) is 1. The Morgan fingerprint density at radius 2 is 1.81 bits per heavy atom. The normalized spacial score (nSPS) is 15.7. The lowest BCUT2D eigenvalue weighted by atomic mass is 10.1. The molecule has 160 valence electrons. The number of hydrogen-bond acceptors (Lipinski definition) is 6. The lowest BCUT2D eigenvalue weighted by molar-refractivity contribution is 0.0729. The summed E-state index contributed by atoms with van der Waals surface area (Å²) in [5.41, 5.74) is 4.18. The molecule has 1 aromatic carbocycles. The van der Waals surface area contributed by atoms with Gasteiger partial charge in [-0.25, -0.2) is 15.0 Å². The molecular formula is C24H27N5O2. The molecule has 7 heteroatoms. The van der Waals surface area contributed by atoms with Crippen LogP contribution in [0.1, 0.15) is 51.9 Å². The summed E-state index contributed by atoms with van der Waals surface area (Å²) in [7, 11) is 1.60. The molecule has 1 aliphatic heterocycles. The number of rotatable bonds is 5. The van der Waals surface area contributed by atoms with Crippen LogP contribution in [0.3, 0.4) is 0 Å². The third-order valence-corrected chi connectivity index (χ3v) is 5.49. The first-order chi connectivity index (χ1) is 15.0. The molecule has 4 rings (SSSR count). The zero-order chi connectivity index (χ0) is 22.0. The van der Waals surface area contributed by atoms with Gasteiger partial charge in [0.15, 0.2) is 0 Å². The van der Waals surface area contributed by atoms with Gasteiger partial charge in [0.1, 0.15) is 11.6 Å². The van der Waals surface area contributed by atoms with Gasteiger partial charge in [-0.1, -0.05) is 18.2 Å². The van der Waals surface area contributed by atoms with Crippen LogP contribution in [0, 0.1) is 20.8 Å². The minimum absolute atomic E-state index is 0.0270. The van der Waals surface area contributed by atoms with Crippen molar-refractivity contribution in [2.45, 2.75) is 39.7 Å². The van der Waals surface area contributed by atoms with Crippen LogP contribution in [0.25, 0.3) is 0 Å². The number of para-hydroxylation sites is 1. The third kappa shape index (κ3) is 4.35. The minimum atomic E-state index is -0.0837. The number of benzene rings is 1. The number of anilines is 2. The fraction of sp³-hybridized carbons (Fsp3) is 0.333. The van der Waals surface area contributed by atoms with Crippen molar-refractivity contribution in [1.82, 2.24) is 19.9 Å². The number of pyridine rings is 1. The fourth-order valence-electron chi connectivity index (χ4n) is 4.17. The van der Waals surface area contributed by atoms with Crippen LogP contribution in [0.15, 0.2) is 42.5 Å². The number of hydrogen-bond donors (Lipinski definition) is 1. The van der Waals surface area contributed by atoms with Crippen molar-refractivity contribution in [1.29, 1.82) is 0 Å². The summed E-state index contributed by atoms with van der Waals surface area (Å²) >= 11 is 0. The Labute approximate surface area is 182 Å². The molecule has 0 unspecified atom stereocenters. The van der Waals surface area contributed by atoms with Crippen molar-refractivity contribution in [3.8, 4) is 5.75 Å². The maximum absolute atomic E-state index is 13.4. The zero-order valence-electron chi connectivity index (χ0n) is 18.3. The van der Waals surface area contributed by atoms with E-state index in [4.69, 9.17) is 9.72 Å². The van der Waals surface area contributed by atoms with E-state index in [1.807, 2.05) is 68.1 Å².